The van der Waals surface area contributed by atoms with Crippen LogP contribution in [-0.2, 0) is 6.42 Å². The van der Waals surface area contributed by atoms with Crippen molar-refractivity contribution in [3.63, 3.8) is 0 Å². The minimum absolute atomic E-state index is 0.627. The van der Waals surface area contributed by atoms with Crippen LogP contribution >= 0.6 is 0 Å². The lowest BCUT2D eigenvalue weighted by molar-refractivity contribution is 0.647. The van der Waals surface area contributed by atoms with E-state index in [0.29, 0.717) is 5.92 Å². The molecule has 9 aromatic carbocycles. The van der Waals surface area contributed by atoms with Crippen LogP contribution in [-0.4, -0.2) is 11.1 Å². The van der Waals surface area contributed by atoms with E-state index in [2.05, 4.69) is 242 Å². The van der Waals surface area contributed by atoms with Gasteiger partial charge in [-0.2, -0.15) is 0 Å². The van der Waals surface area contributed by atoms with Gasteiger partial charge in [-0.15, -0.1) is 0 Å². The molecule has 302 valence electrons. The second-order valence-corrected chi connectivity index (χ2v) is 17.3. The van der Waals surface area contributed by atoms with Gasteiger partial charge in [0.15, 0.2) is 0 Å². The van der Waals surface area contributed by atoms with Crippen LogP contribution in [0.3, 0.4) is 0 Å². The molecule has 2 nitrogen and oxygen atoms in total. The minimum atomic E-state index is 0.627. The van der Waals surface area contributed by atoms with Crippen LogP contribution in [0.1, 0.15) is 25.0 Å². The van der Waals surface area contributed by atoms with Gasteiger partial charge in [-0.05, 0) is 133 Å². The highest BCUT2D eigenvalue weighted by Crippen LogP contribution is 2.45. The van der Waals surface area contributed by atoms with Crippen molar-refractivity contribution in [2.75, 3.05) is 11.4 Å². The number of anilines is 2. The molecule has 0 unspecified atom stereocenters. The fraction of sp³-hybridized carbons (Fsp3) is 0.0820. The Labute approximate surface area is 370 Å². The summed E-state index contributed by atoms with van der Waals surface area (Å²) in [5.41, 5.74) is 16.7. The van der Waals surface area contributed by atoms with Gasteiger partial charge in [0.05, 0.1) is 11.0 Å². The fourth-order valence-electron chi connectivity index (χ4n) is 9.90. The van der Waals surface area contributed by atoms with E-state index in [0.717, 1.165) is 35.5 Å². The molecule has 63 heavy (non-hydrogen) atoms. The lowest BCUT2D eigenvalue weighted by atomic mass is 9.86. The zero-order chi connectivity index (χ0) is 42.4. The number of hydrogen-bond acceptors (Lipinski definition) is 1. The number of para-hydroxylation sites is 1. The Morgan fingerprint density at radius 3 is 1.68 bits per heavy atom. The second kappa shape index (κ2) is 16.0. The van der Waals surface area contributed by atoms with E-state index in [4.69, 9.17) is 0 Å². The molecule has 1 aliphatic rings. The standard InChI is InChI=1S/C61H48N2/c1-41(2)38-43-25-31-49(32-26-43)63-58-24-14-13-19-50(58)56-40-47(30-36-59(56)63)46-29-35-57-55(39-46)42(3)16-6-5-15-37-62(57)48-33-27-45(28-34-48)61-53-22-11-9-20-51(53)60(44-17-7-4-8-18-44)52-21-10-12-23-54(52)61/h4-36,39-41H,3,37-38H2,1-2H3/b15-5-,16-6-. The summed E-state index contributed by atoms with van der Waals surface area (Å²) < 4.78 is 2.41. The second-order valence-electron chi connectivity index (χ2n) is 17.3. The molecule has 0 radical (unpaired) electrons. The zero-order valence-corrected chi connectivity index (χ0v) is 35.8. The van der Waals surface area contributed by atoms with Gasteiger partial charge >= 0.3 is 0 Å². The lowest BCUT2D eigenvalue weighted by Gasteiger charge is -2.27. The number of allylic oxidation sites excluding steroid dienone is 4. The third-order valence-corrected chi connectivity index (χ3v) is 12.8. The van der Waals surface area contributed by atoms with E-state index >= 15 is 0 Å². The molecule has 0 saturated heterocycles. The maximum absolute atomic E-state index is 4.60. The predicted octanol–water partition coefficient (Wildman–Crippen LogP) is 16.6. The van der Waals surface area contributed by atoms with Gasteiger partial charge in [-0.1, -0.05) is 178 Å². The SMILES string of the molecule is C=C1/C=C\C=C/CN(c2ccc(-c3c4ccccc4c(-c4ccccc4)c4ccccc34)cc2)c2ccc(-c3ccc4c(c3)c3ccccc3n4-c3ccc(CC(C)C)cc3)cc21. The normalized spacial score (nSPS) is 14.0. The number of fused-ring (bicyclic) bond motifs is 6. The molecule has 0 amide bonds. The van der Waals surface area contributed by atoms with Crippen LogP contribution in [0.2, 0.25) is 0 Å². The van der Waals surface area contributed by atoms with Crippen molar-refractivity contribution in [3.8, 4) is 39.1 Å². The average molecular weight is 809 g/mol. The molecule has 11 rings (SSSR count). The van der Waals surface area contributed by atoms with E-state index in [1.54, 1.807) is 0 Å². The highest BCUT2D eigenvalue weighted by molar-refractivity contribution is 6.21. The van der Waals surface area contributed by atoms with Crippen LogP contribution in [0.15, 0.2) is 219 Å². The van der Waals surface area contributed by atoms with Gasteiger partial charge in [0.1, 0.15) is 0 Å². The average Bonchev–Trinajstić information content (AvgIpc) is 3.69. The van der Waals surface area contributed by atoms with Crippen molar-refractivity contribution in [2.45, 2.75) is 20.3 Å². The van der Waals surface area contributed by atoms with Gasteiger partial charge in [0, 0.05) is 39.9 Å². The molecule has 0 aliphatic carbocycles. The molecule has 1 aromatic heterocycles. The van der Waals surface area contributed by atoms with Crippen LogP contribution in [0, 0.1) is 5.92 Å². The van der Waals surface area contributed by atoms with Crippen molar-refractivity contribution in [1.29, 1.82) is 0 Å². The molecule has 0 saturated carbocycles. The number of nitrogens with zero attached hydrogens (tertiary/aromatic N) is 2. The molecule has 0 fully saturated rings. The molecule has 2 heteroatoms. The molecule has 0 spiro atoms. The Hall–Kier alpha value is -7.68. The third-order valence-electron chi connectivity index (χ3n) is 12.8. The van der Waals surface area contributed by atoms with Crippen molar-refractivity contribution < 1.29 is 0 Å². The van der Waals surface area contributed by atoms with E-state index in [1.807, 2.05) is 0 Å². The number of aromatic nitrogens is 1. The van der Waals surface area contributed by atoms with Crippen LogP contribution in [0.25, 0.3) is 88.0 Å². The molecule has 2 heterocycles. The summed E-state index contributed by atoms with van der Waals surface area (Å²) in [7, 11) is 0. The molecular weight excluding hydrogens is 761 g/mol. The van der Waals surface area contributed by atoms with Crippen molar-refractivity contribution >= 4 is 60.3 Å². The summed E-state index contributed by atoms with van der Waals surface area (Å²) in [5.74, 6) is 0.627. The number of rotatable bonds is 7. The molecule has 0 bridgehead atoms. The van der Waals surface area contributed by atoms with E-state index in [-0.39, 0.29) is 0 Å². The number of hydrogen-bond donors (Lipinski definition) is 0. The van der Waals surface area contributed by atoms with Gasteiger partial charge in [0.25, 0.3) is 0 Å². The maximum atomic E-state index is 4.60. The van der Waals surface area contributed by atoms with Crippen LogP contribution in [0.5, 0.6) is 0 Å². The van der Waals surface area contributed by atoms with Crippen LogP contribution < -0.4 is 4.90 Å². The Kier molecular flexibility index (Phi) is 9.70. The lowest BCUT2D eigenvalue weighted by Crippen LogP contribution is -2.18. The first-order valence-corrected chi connectivity index (χ1v) is 22.2. The zero-order valence-electron chi connectivity index (χ0n) is 35.8. The van der Waals surface area contributed by atoms with Gasteiger partial charge in [-0.3, -0.25) is 0 Å². The van der Waals surface area contributed by atoms with E-state index in [1.165, 1.54) is 88.0 Å². The minimum Gasteiger partial charge on any atom is -0.337 e. The highest BCUT2D eigenvalue weighted by atomic mass is 15.1. The molecule has 10 aromatic rings. The monoisotopic (exact) mass is 808 g/mol. The van der Waals surface area contributed by atoms with Crippen molar-refractivity contribution in [1.82, 2.24) is 4.57 Å². The molecule has 1 aliphatic heterocycles. The van der Waals surface area contributed by atoms with Crippen molar-refractivity contribution in [3.05, 3.63) is 230 Å². The fourth-order valence-corrected chi connectivity index (χ4v) is 9.90. The Morgan fingerprint density at radius 1 is 0.476 bits per heavy atom. The van der Waals surface area contributed by atoms with E-state index in [9.17, 15) is 0 Å². The topological polar surface area (TPSA) is 8.17 Å². The summed E-state index contributed by atoms with van der Waals surface area (Å²) in [4.78, 5) is 2.41. The first-order chi connectivity index (χ1) is 31.0. The smallest absolute Gasteiger partial charge is 0.0541 e. The summed E-state index contributed by atoms with van der Waals surface area (Å²) in [6.45, 7) is 9.88. The van der Waals surface area contributed by atoms with Gasteiger partial charge in [-0.25, -0.2) is 0 Å². The van der Waals surface area contributed by atoms with E-state index < -0.39 is 0 Å². The summed E-state index contributed by atoms with van der Waals surface area (Å²) >= 11 is 0. The third kappa shape index (κ3) is 6.85. The summed E-state index contributed by atoms with van der Waals surface area (Å²) in [6.07, 6.45) is 9.68. The summed E-state index contributed by atoms with van der Waals surface area (Å²) in [6, 6.07) is 69.4. The van der Waals surface area contributed by atoms with Crippen LogP contribution in [0.4, 0.5) is 11.4 Å². The molecule has 0 atom stereocenters. The number of benzene rings is 9. The molecular formula is C61H48N2. The van der Waals surface area contributed by atoms with Gasteiger partial charge in [0.2, 0.25) is 0 Å². The Morgan fingerprint density at radius 2 is 1.02 bits per heavy atom. The predicted molar refractivity (Wildman–Crippen MR) is 271 cm³/mol. The largest absolute Gasteiger partial charge is 0.337 e. The Bertz CT molecular complexity index is 3360. The highest BCUT2D eigenvalue weighted by Gasteiger charge is 2.20. The Balaban J connectivity index is 0.984. The maximum Gasteiger partial charge on any atom is 0.0541 e. The molecule has 0 N–H and O–H groups in total. The first-order valence-electron chi connectivity index (χ1n) is 22.2. The summed E-state index contributed by atoms with van der Waals surface area (Å²) in [5, 5.41) is 7.54. The van der Waals surface area contributed by atoms with Crippen molar-refractivity contribution in [2.24, 2.45) is 5.92 Å². The first kappa shape index (κ1) is 38.3. The van der Waals surface area contributed by atoms with Gasteiger partial charge < -0.3 is 9.47 Å². The quantitative estimate of drug-likeness (QED) is 0.146.